The normalized spacial score (nSPS) is 22.7. The van der Waals surface area contributed by atoms with Gasteiger partial charge in [-0.25, -0.2) is 18.0 Å². The lowest BCUT2D eigenvalue weighted by molar-refractivity contribution is -0.117. The van der Waals surface area contributed by atoms with E-state index < -0.39 is 19.1 Å². The lowest BCUT2D eigenvalue weighted by atomic mass is 9.96. The molecule has 3 rings (SSSR count). The topological polar surface area (TPSA) is 53.1 Å². The molecule has 6 nitrogen and oxygen atoms in total. The number of ether oxygens (including phenoxy) is 1. The van der Waals surface area contributed by atoms with Crippen molar-refractivity contribution in [1.29, 1.82) is 0 Å². The molecule has 9 heteroatoms. The summed E-state index contributed by atoms with van der Waals surface area (Å²) in [7, 11) is 0. The van der Waals surface area contributed by atoms with E-state index in [1.807, 2.05) is 6.92 Å². The van der Waals surface area contributed by atoms with Gasteiger partial charge in [0.1, 0.15) is 5.82 Å². The molecule has 3 unspecified atom stereocenters. The molecule has 1 aromatic carbocycles. The largest absolute Gasteiger partial charge is 0.443 e. The molecule has 2 fully saturated rings. The fraction of sp³-hybridized carbons (Fsp3) is 0.680. The number of rotatable bonds is 8. The molecule has 1 aromatic rings. The number of hydrogen-bond donors (Lipinski definition) is 0. The van der Waals surface area contributed by atoms with Crippen molar-refractivity contribution in [2.75, 3.05) is 24.6 Å². The minimum absolute atomic E-state index is 0.0294. The number of anilines is 1. The summed E-state index contributed by atoms with van der Waals surface area (Å²) in [6.45, 7) is 6.34. The minimum Gasteiger partial charge on any atom is -0.443 e. The molecule has 0 N–H and O–H groups in total. The molecular formula is C25H36F3N3O3. The third-order valence-electron chi connectivity index (χ3n) is 7.17. The number of nitrogens with zero attached hydrogens (tertiary/aromatic N) is 3. The van der Waals surface area contributed by atoms with Gasteiger partial charge < -0.3 is 19.4 Å². The average molecular weight is 484 g/mol. The molecule has 3 atom stereocenters. The van der Waals surface area contributed by atoms with Crippen molar-refractivity contribution >= 4 is 17.7 Å². The second kappa shape index (κ2) is 11.9. The summed E-state index contributed by atoms with van der Waals surface area (Å²) < 4.78 is 43.2. The van der Waals surface area contributed by atoms with Crippen LogP contribution in [-0.2, 0) is 9.53 Å². The van der Waals surface area contributed by atoms with Gasteiger partial charge >= 0.3 is 6.09 Å². The molecule has 0 bridgehead atoms. The summed E-state index contributed by atoms with van der Waals surface area (Å²) in [6.07, 6.45) is 1.62. The van der Waals surface area contributed by atoms with Gasteiger partial charge in [0.05, 0.1) is 0 Å². The first-order chi connectivity index (χ1) is 16.2. The fourth-order valence-electron chi connectivity index (χ4n) is 5.49. The van der Waals surface area contributed by atoms with Gasteiger partial charge in [0.25, 0.3) is 6.43 Å². The number of halogens is 3. The number of piperidine rings is 1. The average Bonchev–Trinajstić information content (AvgIpc) is 3.17. The zero-order chi connectivity index (χ0) is 24.8. The molecule has 0 aromatic heterocycles. The van der Waals surface area contributed by atoms with Crippen molar-refractivity contribution in [1.82, 2.24) is 9.80 Å². The number of amides is 2. The summed E-state index contributed by atoms with van der Waals surface area (Å²) in [5, 5.41) is 0. The number of likely N-dealkylation sites (tertiary alicyclic amines) is 2. The van der Waals surface area contributed by atoms with E-state index >= 15 is 0 Å². The van der Waals surface area contributed by atoms with Crippen LogP contribution in [0.5, 0.6) is 0 Å². The predicted molar refractivity (Wildman–Crippen MR) is 125 cm³/mol. The Bertz CT molecular complexity index is 815. The minimum atomic E-state index is -2.67. The molecule has 2 saturated heterocycles. The van der Waals surface area contributed by atoms with Gasteiger partial charge in [0.2, 0.25) is 5.91 Å². The van der Waals surface area contributed by atoms with Crippen LogP contribution >= 0.6 is 0 Å². The van der Waals surface area contributed by atoms with E-state index in [0.29, 0.717) is 5.69 Å². The van der Waals surface area contributed by atoms with Crippen molar-refractivity contribution < 1.29 is 27.5 Å². The molecule has 2 amide bonds. The molecular weight excluding hydrogens is 447 g/mol. The highest BCUT2D eigenvalue weighted by atomic mass is 19.3. The lowest BCUT2D eigenvalue weighted by Crippen LogP contribution is -2.51. The molecule has 2 aliphatic rings. The highest BCUT2D eigenvalue weighted by Gasteiger charge is 2.38. The first kappa shape index (κ1) is 26.3. The van der Waals surface area contributed by atoms with Crippen LogP contribution in [0.1, 0.15) is 59.3 Å². The molecule has 2 aliphatic heterocycles. The van der Waals surface area contributed by atoms with Crippen molar-refractivity contribution in [3.8, 4) is 0 Å². The number of carbonyl (C=O) groups is 2. The van der Waals surface area contributed by atoms with Crippen molar-refractivity contribution in [3.05, 3.63) is 30.1 Å². The second-order valence-electron chi connectivity index (χ2n) is 9.39. The maximum Gasteiger partial charge on any atom is 0.410 e. The standard InChI is InChI=1S/C25H36F3N3O3/c1-4-20(15-23-8-5-17(2)30(23)25(33)34-16-24(27)28)29-13-11-22(12-14-29)31(18(3)32)21-9-6-19(26)7-10-21/h6-7,9-10,17,20,22-24H,4-5,8,11-16H2,1-3H3. The van der Waals surface area contributed by atoms with Gasteiger partial charge in [-0.2, -0.15) is 0 Å². The highest BCUT2D eigenvalue weighted by Crippen LogP contribution is 2.31. The molecule has 34 heavy (non-hydrogen) atoms. The monoisotopic (exact) mass is 483 g/mol. The molecule has 0 aliphatic carbocycles. The lowest BCUT2D eigenvalue weighted by Gasteiger charge is -2.42. The van der Waals surface area contributed by atoms with E-state index in [1.54, 1.807) is 21.9 Å². The van der Waals surface area contributed by atoms with E-state index in [1.165, 1.54) is 19.1 Å². The Hall–Kier alpha value is -2.29. The van der Waals surface area contributed by atoms with Crippen molar-refractivity contribution in [3.63, 3.8) is 0 Å². The van der Waals surface area contributed by atoms with E-state index in [9.17, 15) is 22.8 Å². The highest BCUT2D eigenvalue weighted by molar-refractivity contribution is 5.92. The van der Waals surface area contributed by atoms with Gasteiger partial charge in [-0.3, -0.25) is 4.79 Å². The Balaban J connectivity index is 1.60. The van der Waals surface area contributed by atoms with Gasteiger partial charge in [0.15, 0.2) is 6.61 Å². The van der Waals surface area contributed by atoms with Gasteiger partial charge in [-0.15, -0.1) is 0 Å². The van der Waals surface area contributed by atoms with Crippen LogP contribution in [0.3, 0.4) is 0 Å². The Morgan fingerprint density at radius 1 is 1.12 bits per heavy atom. The van der Waals surface area contributed by atoms with Crippen LogP contribution in [0.4, 0.5) is 23.7 Å². The molecule has 190 valence electrons. The quantitative estimate of drug-likeness (QED) is 0.518. The summed E-state index contributed by atoms with van der Waals surface area (Å²) in [5.74, 6) is -0.392. The molecule has 0 radical (unpaired) electrons. The summed E-state index contributed by atoms with van der Waals surface area (Å²) >= 11 is 0. The number of benzene rings is 1. The molecule has 0 saturated carbocycles. The zero-order valence-corrected chi connectivity index (χ0v) is 20.3. The Kier molecular flexibility index (Phi) is 9.22. The van der Waals surface area contributed by atoms with Crippen molar-refractivity contribution in [2.45, 2.75) is 89.9 Å². The van der Waals surface area contributed by atoms with Crippen molar-refractivity contribution in [2.24, 2.45) is 0 Å². The summed E-state index contributed by atoms with van der Waals surface area (Å²) in [6, 6.07) is 6.25. The van der Waals surface area contributed by atoms with E-state index in [-0.39, 0.29) is 35.9 Å². The molecule has 2 heterocycles. The number of hydrogen-bond acceptors (Lipinski definition) is 4. The first-order valence-electron chi connectivity index (χ1n) is 12.2. The predicted octanol–water partition coefficient (Wildman–Crippen LogP) is 5.07. The Labute approximate surface area is 200 Å². The molecule has 0 spiro atoms. The van der Waals surface area contributed by atoms with Crippen LogP contribution in [0.15, 0.2) is 24.3 Å². The smallest absolute Gasteiger partial charge is 0.410 e. The summed E-state index contributed by atoms with van der Waals surface area (Å²) in [4.78, 5) is 30.6. The number of carbonyl (C=O) groups excluding carboxylic acids is 2. The third-order valence-corrected chi connectivity index (χ3v) is 7.17. The van der Waals surface area contributed by atoms with E-state index in [2.05, 4.69) is 11.8 Å². The van der Waals surface area contributed by atoms with Crippen LogP contribution < -0.4 is 4.90 Å². The fourth-order valence-corrected chi connectivity index (χ4v) is 5.49. The van der Waals surface area contributed by atoms with E-state index in [4.69, 9.17) is 4.74 Å². The second-order valence-corrected chi connectivity index (χ2v) is 9.39. The van der Waals surface area contributed by atoms with E-state index in [0.717, 1.165) is 51.6 Å². The Morgan fingerprint density at radius 3 is 2.32 bits per heavy atom. The number of alkyl halides is 2. The summed E-state index contributed by atoms with van der Waals surface area (Å²) in [5.41, 5.74) is 0.706. The van der Waals surface area contributed by atoms with Gasteiger partial charge in [-0.1, -0.05) is 6.92 Å². The SMILES string of the molecule is CCC(CC1CCC(C)N1C(=O)OCC(F)F)N1CCC(N(C(C)=O)c2ccc(F)cc2)CC1. The van der Waals surface area contributed by atoms with Crippen LogP contribution in [0.25, 0.3) is 0 Å². The maximum absolute atomic E-state index is 13.3. The van der Waals surface area contributed by atoms with Crippen LogP contribution in [0.2, 0.25) is 0 Å². The third kappa shape index (κ3) is 6.43. The zero-order valence-electron chi connectivity index (χ0n) is 20.3. The van der Waals surface area contributed by atoms with Gasteiger partial charge in [0, 0.05) is 49.9 Å². The Morgan fingerprint density at radius 2 is 1.76 bits per heavy atom. The van der Waals surface area contributed by atoms with Crippen LogP contribution in [0, 0.1) is 5.82 Å². The first-order valence-corrected chi connectivity index (χ1v) is 12.2. The van der Waals surface area contributed by atoms with Crippen LogP contribution in [-0.4, -0.2) is 72.1 Å². The maximum atomic E-state index is 13.3. The van der Waals surface area contributed by atoms with Gasteiger partial charge in [-0.05, 0) is 69.7 Å².